The molecular formula is C54H92ClF3N2O14P4. The van der Waals surface area contributed by atoms with E-state index in [1.165, 1.54) is 27.2 Å². The summed E-state index contributed by atoms with van der Waals surface area (Å²) in [5.74, 6) is 1.59. The van der Waals surface area contributed by atoms with Crippen LogP contribution in [0.2, 0.25) is 0 Å². The molecule has 4 aromatic carbocycles. The summed E-state index contributed by atoms with van der Waals surface area (Å²) in [6.07, 6.45) is -3.72. The van der Waals surface area contributed by atoms with Gasteiger partial charge in [0.05, 0.1) is 27.2 Å². The first kappa shape index (κ1) is 82.8. The Bertz CT molecular complexity index is 2370. The summed E-state index contributed by atoms with van der Waals surface area (Å²) in [5.41, 5.74) is 10.8. The highest BCUT2D eigenvalue weighted by Gasteiger charge is 2.47. The summed E-state index contributed by atoms with van der Waals surface area (Å²) >= 11 is 4.64. The number of halogens is 4. The molecule has 3 atom stereocenters. The standard InChI is InChI=1S/C17H21O3P.C15H24NO5P.C12H19O2P.C4H12NO3P.C2HF3O.CH3Cl.3CH4/c1-4-17(2,3)21(18,19-15-11-7-5-8-12-15)20-16-13-9-6-10-14-16;1-5-19-14(17)12(2)20-22(18,15(3,4)11-16)21-13-9-7-6-8-10-13;1-5-12(2,3)15(4,13)14-11-9-7-6-8-10-11;1-4(2,3-5)9(6,7)8;3-2(4,5)1-6;1-2;;;/h5-14H,4H2,1-3H3;6-10,12H,5,11,16H2,1-4H3;6-10H,5H2,1-4H3;3,5H2,1-2H3,(H2,6,7,8);1H;1H3;3*1H4/t;12-,22?;;;;;;;/m.0......./s1. The second kappa shape index (κ2) is 37.9. The number of para-hydroxylation sites is 4. The Hall–Kier alpha value is -3.98. The third-order valence-corrected chi connectivity index (χ3v) is 21.3. The Labute approximate surface area is 469 Å². The molecule has 2 unspecified atom stereocenters. The van der Waals surface area contributed by atoms with Crippen LogP contribution in [0.5, 0.6) is 23.0 Å². The molecule has 0 aliphatic rings. The number of hydrogen-bond acceptors (Lipinski definition) is 14. The van der Waals surface area contributed by atoms with Crippen molar-refractivity contribution in [3.05, 3.63) is 121 Å². The normalized spacial score (nSPS) is 13.2. The third-order valence-electron chi connectivity index (χ3n) is 11.1. The molecule has 78 heavy (non-hydrogen) atoms. The Morgan fingerprint density at radius 3 is 1.08 bits per heavy atom. The SMILES string of the molecule is C.C.C.CC(C)(CN)P(=O)(O)O.CCC(C)(C)P(=O)(Oc1ccccc1)Oc1ccccc1.CCC(C)(C)P(C)(=O)Oc1ccccc1.CCOC(=O)[C@H](C)OP(=O)(Oc1ccccc1)C(C)(C)CN.CCl.O=CC(F)(F)F. The predicted octanol–water partition coefficient (Wildman–Crippen LogP) is 16.1. The van der Waals surface area contributed by atoms with Crippen LogP contribution in [0.3, 0.4) is 0 Å². The minimum Gasteiger partial charge on any atom is -0.464 e. The van der Waals surface area contributed by atoms with E-state index in [0.717, 1.165) is 6.42 Å². The van der Waals surface area contributed by atoms with Gasteiger partial charge in [-0.2, -0.15) is 13.2 Å². The second-order valence-corrected chi connectivity index (χ2v) is 29.1. The monoisotopic (exact) mass is 1210 g/mol. The van der Waals surface area contributed by atoms with E-state index in [-0.39, 0.29) is 47.1 Å². The lowest BCUT2D eigenvalue weighted by Gasteiger charge is -2.33. The van der Waals surface area contributed by atoms with Crippen molar-refractivity contribution in [3.63, 3.8) is 0 Å². The largest absolute Gasteiger partial charge is 0.464 e. The lowest BCUT2D eigenvalue weighted by atomic mass is 10.1. The van der Waals surface area contributed by atoms with Gasteiger partial charge in [0, 0.05) is 26.1 Å². The van der Waals surface area contributed by atoms with Crippen LogP contribution < -0.4 is 29.6 Å². The topological polar surface area (TPSA) is 250 Å². The van der Waals surface area contributed by atoms with Crippen LogP contribution in [0.15, 0.2) is 121 Å². The molecule has 0 bridgehead atoms. The maximum Gasteiger partial charge on any atom is 0.446 e. The second-order valence-electron chi connectivity index (χ2n) is 18.5. The molecule has 450 valence electrons. The van der Waals surface area contributed by atoms with Crippen molar-refractivity contribution in [2.45, 2.75) is 151 Å². The number of nitrogens with two attached hydrogens (primary N) is 2. The van der Waals surface area contributed by atoms with E-state index in [1.807, 2.05) is 114 Å². The van der Waals surface area contributed by atoms with Crippen LogP contribution >= 0.6 is 41.8 Å². The molecule has 0 saturated heterocycles. The number of benzene rings is 4. The minimum atomic E-state index is -4.64. The van der Waals surface area contributed by atoms with Crippen molar-refractivity contribution < 1.29 is 78.2 Å². The van der Waals surface area contributed by atoms with Gasteiger partial charge in [-0.15, -0.1) is 11.6 Å². The highest BCUT2D eigenvalue weighted by Crippen LogP contribution is 2.61. The summed E-state index contributed by atoms with van der Waals surface area (Å²) in [6.45, 7) is 23.2. The molecule has 0 aliphatic carbocycles. The van der Waals surface area contributed by atoms with Crippen LogP contribution in [0, 0.1) is 0 Å². The van der Waals surface area contributed by atoms with E-state index < -0.39 is 70.2 Å². The molecular weight excluding hydrogens is 1120 g/mol. The lowest BCUT2D eigenvalue weighted by Crippen LogP contribution is -2.36. The molecule has 4 rings (SSSR count). The molecule has 0 spiro atoms. The van der Waals surface area contributed by atoms with Crippen molar-refractivity contribution in [2.75, 3.05) is 32.7 Å². The highest BCUT2D eigenvalue weighted by atomic mass is 35.5. The predicted molar refractivity (Wildman–Crippen MR) is 315 cm³/mol. The van der Waals surface area contributed by atoms with Crippen LogP contribution in [0.1, 0.15) is 118 Å². The third kappa shape index (κ3) is 29.5. The molecule has 4 aromatic rings. The Morgan fingerprint density at radius 1 is 0.564 bits per heavy atom. The Balaban J connectivity index is -0.000000296. The number of alkyl halides is 4. The molecule has 0 fully saturated rings. The fourth-order valence-corrected chi connectivity index (χ4v) is 9.44. The summed E-state index contributed by atoms with van der Waals surface area (Å²) < 4.78 is 114. The molecule has 0 aliphatic heterocycles. The van der Waals surface area contributed by atoms with E-state index in [1.54, 1.807) is 76.0 Å². The quantitative estimate of drug-likeness (QED) is 0.0278. The first-order valence-corrected chi connectivity index (χ1v) is 31.0. The number of carbonyl (C=O) groups excluding carboxylic acids is 2. The average Bonchev–Trinajstić information content (AvgIpc) is 3.35. The fourth-order valence-electron chi connectivity index (χ4n) is 4.44. The van der Waals surface area contributed by atoms with Crippen LogP contribution in [-0.4, -0.2) is 87.7 Å². The van der Waals surface area contributed by atoms with E-state index >= 15 is 0 Å². The van der Waals surface area contributed by atoms with Gasteiger partial charge < -0.3 is 44.1 Å². The molecule has 0 radical (unpaired) electrons. The highest BCUT2D eigenvalue weighted by molar-refractivity contribution is 7.60. The maximum atomic E-state index is 13.4. The van der Waals surface area contributed by atoms with Crippen molar-refractivity contribution in [1.82, 2.24) is 0 Å². The van der Waals surface area contributed by atoms with Gasteiger partial charge in [0.1, 0.15) is 23.0 Å². The number of aldehydes is 1. The zero-order valence-electron chi connectivity index (χ0n) is 45.5. The van der Waals surface area contributed by atoms with Crippen LogP contribution in [-0.2, 0) is 37.1 Å². The zero-order chi connectivity index (χ0) is 58.6. The average molecular weight is 1210 g/mol. The lowest BCUT2D eigenvalue weighted by molar-refractivity contribution is -0.156. The van der Waals surface area contributed by atoms with Crippen molar-refractivity contribution >= 4 is 54.0 Å². The van der Waals surface area contributed by atoms with Crippen molar-refractivity contribution in [2.24, 2.45) is 11.5 Å². The van der Waals surface area contributed by atoms with E-state index in [9.17, 15) is 36.2 Å². The van der Waals surface area contributed by atoms with Gasteiger partial charge in [-0.1, -0.05) is 109 Å². The van der Waals surface area contributed by atoms with Crippen LogP contribution in [0.4, 0.5) is 13.2 Å². The number of esters is 1. The van der Waals surface area contributed by atoms with E-state index in [2.05, 4.69) is 11.6 Å². The maximum absolute atomic E-state index is 13.4. The van der Waals surface area contributed by atoms with Gasteiger partial charge in [-0.05, 0) is 131 Å². The van der Waals surface area contributed by atoms with Gasteiger partial charge in [-0.25, -0.2) is 13.9 Å². The zero-order valence-corrected chi connectivity index (χ0v) is 49.8. The molecule has 0 aromatic heterocycles. The van der Waals surface area contributed by atoms with E-state index in [0.29, 0.717) is 29.4 Å². The van der Waals surface area contributed by atoms with Crippen molar-refractivity contribution in [1.29, 1.82) is 0 Å². The molecule has 16 nitrogen and oxygen atoms in total. The molecule has 0 amide bonds. The Kier molecular flexibility index (Phi) is 40.2. The Morgan fingerprint density at radius 2 is 0.846 bits per heavy atom. The van der Waals surface area contributed by atoms with Gasteiger partial charge in [0.2, 0.25) is 13.7 Å². The van der Waals surface area contributed by atoms with Gasteiger partial charge in [0.15, 0.2) is 6.10 Å². The summed E-state index contributed by atoms with van der Waals surface area (Å²) in [5, 5.41) is -2.89. The van der Waals surface area contributed by atoms with E-state index in [4.69, 9.17) is 53.4 Å². The van der Waals surface area contributed by atoms with Gasteiger partial charge in [0.25, 0.3) is 0 Å². The molecule has 0 heterocycles. The van der Waals surface area contributed by atoms with Gasteiger partial charge in [-0.3, -0.25) is 18.4 Å². The summed E-state index contributed by atoms with van der Waals surface area (Å²) in [4.78, 5) is 37.6. The molecule has 6 N–H and O–H groups in total. The number of ether oxygens (including phenoxy) is 1. The smallest absolute Gasteiger partial charge is 0.446 e. The first-order valence-electron chi connectivity index (χ1n) is 23.5. The summed E-state index contributed by atoms with van der Waals surface area (Å²) in [7, 11) is -13.7. The number of carbonyl (C=O) groups is 2. The minimum absolute atomic E-state index is 0. The summed E-state index contributed by atoms with van der Waals surface area (Å²) in [6, 6.07) is 36.3. The van der Waals surface area contributed by atoms with Crippen LogP contribution in [0.25, 0.3) is 0 Å². The number of rotatable bonds is 20. The van der Waals surface area contributed by atoms with Gasteiger partial charge >= 0.3 is 34.9 Å². The fraction of sp³-hybridized carbons (Fsp3) is 0.519. The first-order chi connectivity index (χ1) is 34.5. The molecule has 24 heteroatoms. The number of hydrogen-bond donors (Lipinski definition) is 4. The molecule has 0 saturated carbocycles. The van der Waals surface area contributed by atoms with Crippen molar-refractivity contribution in [3.8, 4) is 23.0 Å².